The minimum atomic E-state index is -2.48. The van der Waals surface area contributed by atoms with Gasteiger partial charge in [0, 0.05) is 25.0 Å². The van der Waals surface area contributed by atoms with E-state index in [2.05, 4.69) is 9.97 Å². The molecule has 2 atom stereocenters. The molecule has 1 aliphatic carbocycles. The van der Waals surface area contributed by atoms with Crippen LogP contribution in [0.25, 0.3) is 0 Å². The summed E-state index contributed by atoms with van der Waals surface area (Å²) < 4.78 is 33.4. The number of hydrogen-bond acceptors (Lipinski definition) is 5. The van der Waals surface area contributed by atoms with Crippen LogP contribution in [-0.2, 0) is 11.3 Å². The van der Waals surface area contributed by atoms with E-state index < -0.39 is 23.7 Å². The van der Waals surface area contributed by atoms with Crippen LogP contribution in [0.5, 0.6) is 0 Å². The van der Waals surface area contributed by atoms with Crippen molar-refractivity contribution < 1.29 is 18.3 Å². The van der Waals surface area contributed by atoms with E-state index in [0.717, 1.165) is 17.1 Å². The number of imidazole rings is 1. The third-order valence-electron chi connectivity index (χ3n) is 5.17. The number of anilines is 1. The van der Waals surface area contributed by atoms with Crippen molar-refractivity contribution in [3.05, 3.63) is 41.6 Å². The Morgan fingerprint density at radius 2 is 2.08 bits per heavy atom. The van der Waals surface area contributed by atoms with Crippen molar-refractivity contribution >= 4 is 11.8 Å². The Hall–Kier alpha value is -2.51. The average molecular weight is 362 g/mol. The van der Waals surface area contributed by atoms with Crippen molar-refractivity contribution in [2.45, 2.75) is 26.3 Å². The smallest absolute Gasteiger partial charge is 0.358 e. The van der Waals surface area contributed by atoms with Crippen molar-refractivity contribution in [2.24, 2.45) is 11.8 Å². The Labute approximate surface area is 149 Å². The standard InChI is InChI=1S/C18H20F2N4O2/c1-3-26-17(25)15-9-23(10-21-15)6-12-4-5-16(22-11(12)2)24-7-13-14(8-24)18(13,19)20/h4-5,9-10,13-14H,3,6-8H2,1-2H3/t13-,14?/m1/s1. The van der Waals surface area contributed by atoms with Crippen LogP contribution < -0.4 is 4.90 Å². The number of halogens is 2. The lowest BCUT2D eigenvalue weighted by molar-refractivity contribution is 0.0520. The summed E-state index contributed by atoms with van der Waals surface area (Å²) in [5.74, 6) is -3.22. The molecule has 0 bridgehead atoms. The summed E-state index contributed by atoms with van der Waals surface area (Å²) in [6.07, 6.45) is 3.22. The number of fused-ring (bicyclic) bond motifs is 1. The van der Waals surface area contributed by atoms with Crippen LogP contribution in [0, 0.1) is 18.8 Å². The van der Waals surface area contributed by atoms with Gasteiger partial charge in [0.05, 0.1) is 31.3 Å². The topological polar surface area (TPSA) is 60.2 Å². The number of rotatable bonds is 5. The summed E-state index contributed by atoms with van der Waals surface area (Å²) in [5.41, 5.74) is 2.09. The molecule has 6 nitrogen and oxygen atoms in total. The van der Waals surface area contributed by atoms with Gasteiger partial charge in [-0.15, -0.1) is 0 Å². The molecule has 138 valence electrons. The Balaban J connectivity index is 1.43. The van der Waals surface area contributed by atoms with E-state index in [1.807, 2.05) is 24.0 Å². The number of pyridine rings is 1. The first-order valence-electron chi connectivity index (χ1n) is 8.68. The minimum absolute atomic E-state index is 0.270. The molecule has 3 heterocycles. The number of nitrogens with zero attached hydrogens (tertiary/aromatic N) is 4. The molecule has 1 saturated heterocycles. The first kappa shape index (κ1) is 16.9. The largest absolute Gasteiger partial charge is 0.461 e. The fourth-order valence-corrected chi connectivity index (χ4v) is 3.57. The highest BCUT2D eigenvalue weighted by molar-refractivity contribution is 5.86. The number of carbonyl (C=O) groups is 1. The second kappa shape index (κ2) is 6.03. The maximum Gasteiger partial charge on any atom is 0.358 e. The van der Waals surface area contributed by atoms with Crippen LogP contribution in [0.3, 0.4) is 0 Å². The van der Waals surface area contributed by atoms with Crippen LogP contribution >= 0.6 is 0 Å². The quantitative estimate of drug-likeness (QED) is 0.765. The minimum Gasteiger partial charge on any atom is -0.461 e. The van der Waals surface area contributed by atoms with Crippen molar-refractivity contribution in [3.63, 3.8) is 0 Å². The second-order valence-corrected chi connectivity index (χ2v) is 6.86. The molecule has 1 aliphatic heterocycles. The van der Waals surface area contributed by atoms with Gasteiger partial charge in [-0.25, -0.2) is 23.5 Å². The van der Waals surface area contributed by atoms with E-state index in [4.69, 9.17) is 4.74 Å². The third-order valence-corrected chi connectivity index (χ3v) is 5.17. The van der Waals surface area contributed by atoms with Crippen molar-refractivity contribution in [1.29, 1.82) is 0 Å². The van der Waals surface area contributed by atoms with Crippen molar-refractivity contribution in [3.8, 4) is 0 Å². The monoisotopic (exact) mass is 362 g/mol. The van der Waals surface area contributed by atoms with E-state index in [1.54, 1.807) is 24.0 Å². The Kier molecular flexibility index (Phi) is 3.93. The van der Waals surface area contributed by atoms with Crippen LogP contribution in [0.4, 0.5) is 14.6 Å². The molecule has 2 fully saturated rings. The number of esters is 1. The highest BCUT2D eigenvalue weighted by Gasteiger charge is 2.71. The van der Waals surface area contributed by atoms with Crippen LogP contribution in [0.2, 0.25) is 0 Å². The third kappa shape index (κ3) is 2.83. The number of carbonyl (C=O) groups excluding carboxylic acids is 1. The van der Waals surface area contributed by atoms with E-state index >= 15 is 0 Å². The molecule has 0 amide bonds. The number of alkyl halides is 2. The van der Waals surface area contributed by atoms with Gasteiger partial charge in [-0.2, -0.15) is 0 Å². The highest BCUT2D eigenvalue weighted by Crippen LogP contribution is 2.59. The maximum absolute atomic E-state index is 13.3. The number of hydrogen-bond donors (Lipinski definition) is 0. The van der Waals surface area contributed by atoms with Crippen molar-refractivity contribution in [1.82, 2.24) is 14.5 Å². The van der Waals surface area contributed by atoms with Crippen molar-refractivity contribution in [2.75, 3.05) is 24.6 Å². The van der Waals surface area contributed by atoms with E-state index in [-0.39, 0.29) is 5.69 Å². The molecule has 1 unspecified atom stereocenters. The van der Waals surface area contributed by atoms with Gasteiger partial charge in [-0.3, -0.25) is 0 Å². The van der Waals surface area contributed by atoms with Gasteiger partial charge in [0.1, 0.15) is 5.82 Å². The lowest BCUT2D eigenvalue weighted by Crippen LogP contribution is -2.28. The van der Waals surface area contributed by atoms with Gasteiger partial charge in [-0.1, -0.05) is 6.07 Å². The summed E-state index contributed by atoms with van der Waals surface area (Å²) in [5, 5.41) is 0. The molecule has 0 radical (unpaired) electrons. The molecular weight excluding hydrogens is 342 g/mol. The number of aromatic nitrogens is 3. The molecule has 2 aromatic rings. The van der Waals surface area contributed by atoms with Gasteiger partial charge < -0.3 is 14.2 Å². The lowest BCUT2D eigenvalue weighted by Gasteiger charge is -2.21. The van der Waals surface area contributed by atoms with Gasteiger partial charge in [0.15, 0.2) is 5.69 Å². The van der Waals surface area contributed by atoms with Gasteiger partial charge in [-0.05, 0) is 25.5 Å². The first-order chi connectivity index (χ1) is 12.4. The SMILES string of the molecule is CCOC(=O)c1cn(Cc2ccc(N3CC4[C@@H](C3)C4(F)F)nc2C)cn1. The number of piperidine rings is 1. The summed E-state index contributed by atoms with van der Waals surface area (Å²) >= 11 is 0. The number of ether oxygens (including phenoxy) is 1. The Morgan fingerprint density at radius 3 is 2.73 bits per heavy atom. The van der Waals surface area contributed by atoms with Crippen LogP contribution in [0.15, 0.2) is 24.7 Å². The summed E-state index contributed by atoms with van der Waals surface area (Å²) in [4.78, 5) is 22.2. The predicted octanol–water partition coefficient (Wildman–Crippen LogP) is 2.51. The molecule has 0 aromatic carbocycles. The molecule has 2 aromatic heterocycles. The molecule has 0 N–H and O–H groups in total. The molecule has 2 aliphatic rings. The zero-order chi connectivity index (χ0) is 18.5. The molecular formula is C18H20F2N4O2. The zero-order valence-electron chi connectivity index (χ0n) is 14.7. The zero-order valence-corrected chi connectivity index (χ0v) is 14.7. The molecule has 1 saturated carbocycles. The summed E-state index contributed by atoms with van der Waals surface area (Å²) in [6.45, 7) is 5.21. The Morgan fingerprint density at radius 1 is 1.35 bits per heavy atom. The Bertz CT molecular complexity index is 837. The average Bonchev–Trinajstić information content (AvgIpc) is 3.05. The van der Waals surface area contributed by atoms with E-state index in [1.165, 1.54) is 0 Å². The fourth-order valence-electron chi connectivity index (χ4n) is 3.57. The van der Waals surface area contributed by atoms with Gasteiger partial charge in [0.2, 0.25) is 0 Å². The second-order valence-electron chi connectivity index (χ2n) is 6.86. The fraction of sp³-hybridized carbons (Fsp3) is 0.500. The first-order valence-corrected chi connectivity index (χ1v) is 8.68. The normalized spacial score (nSPS) is 23.0. The molecule has 0 spiro atoms. The maximum atomic E-state index is 13.3. The summed E-state index contributed by atoms with van der Waals surface area (Å²) in [7, 11) is 0. The molecule has 4 rings (SSSR count). The van der Waals surface area contributed by atoms with Crippen LogP contribution in [0.1, 0.15) is 28.7 Å². The van der Waals surface area contributed by atoms with Crippen LogP contribution in [-0.4, -0.2) is 46.1 Å². The summed E-state index contributed by atoms with van der Waals surface area (Å²) in [6, 6.07) is 3.82. The lowest BCUT2D eigenvalue weighted by atomic mass is 10.2. The van der Waals surface area contributed by atoms with E-state index in [9.17, 15) is 13.6 Å². The van der Waals surface area contributed by atoms with E-state index in [0.29, 0.717) is 26.2 Å². The van der Waals surface area contributed by atoms with Gasteiger partial charge in [0.25, 0.3) is 5.92 Å². The number of aryl methyl sites for hydroxylation is 1. The molecule has 26 heavy (non-hydrogen) atoms. The predicted molar refractivity (Wildman–Crippen MR) is 90.4 cm³/mol. The van der Waals surface area contributed by atoms with Gasteiger partial charge >= 0.3 is 5.97 Å². The molecule has 8 heteroatoms. The highest BCUT2D eigenvalue weighted by atomic mass is 19.3.